The van der Waals surface area contributed by atoms with Gasteiger partial charge >= 0.3 is 5.82 Å². The van der Waals surface area contributed by atoms with E-state index in [1.54, 1.807) is 17.9 Å². The van der Waals surface area contributed by atoms with Crippen LogP contribution in [0.5, 0.6) is 0 Å². The van der Waals surface area contributed by atoms with Crippen LogP contribution in [0.15, 0.2) is 10.7 Å². The second-order valence-corrected chi connectivity index (χ2v) is 2.44. The molecule has 0 aromatic carbocycles. The summed E-state index contributed by atoms with van der Waals surface area (Å²) in [6, 6.07) is 0. The van der Waals surface area contributed by atoms with Gasteiger partial charge in [0.15, 0.2) is 0 Å². The third-order valence-electron chi connectivity index (χ3n) is 0.872. The van der Waals surface area contributed by atoms with Gasteiger partial charge < -0.3 is 4.85 Å². The van der Waals surface area contributed by atoms with E-state index in [0.29, 0.717) is 5.82 Å². The fourth-order valence-electron chi connectivity index (χ4n) is 0.524. The second kappa shape index (κ2) is 2.19. The van der Waals surface area contributed by atoms with Gasteiger partial charge in [-0.1, -0.05) is 22.5 Å². The molecule has 0 radical (unpaired) electrons. The molecule has 1 heterocycles. The molecule has 3 nitrogen and oxygen atoms in total. The molecule has 0 aliphatic rings. The molecule has 9 heavy (non-hydrogen) atoms. The van der Waals surface area contributed by atoms with Crippen molar-refractivity contribution in [3.8, 4) is 0 Å². The van der Waals surface area contributed by atoms with Gasteiger partial charge in [0.05, 0.1) is 4.47 Å². The Morgan fingerprint density at radius 3 is 2.78 bits per heavy atom. The maximum absolute atomic E-state index is 6.62. The van der Waals surface area contributed by atoms with E-state index in [2.05, 4.69) is 25.9 Å². The van der Waals surface area contributed by atoms with Crippen LogP contribution >= 0.6 is 15.9 Å². The molecule has 1 aromatic rings. The number of nitrogens with zero attached hydrogens (tertiary/aromatic N) is 3. The summed E-state index contributed by atoms with van der Waals surface area (Å²) < 4.78 is 2.34. The molecule has 1 aromatic heterocycles. The molecule has 0 aliphatic heterocycles. The van der Waals surface area contributed by atoms with Gasteiger partial charge in [-0.3, -0.25) is 0 Å². The van der Waals surface area contributed by atoms with Crippen LogP contribution in [-0.4, -0.2) is 9.78 Å². The van der Waals surface area contributed by atoms with Crippen molar-refractivity contribution in [3.05, 3.63) is 22.1 Å². The molecular weight excluding hydrogens is 182 g/mol. The lowest BCUT2D eigenvalue weighted by Crippen LogP contribution is -1.84. The highest BCUT2D eigenvalue weighted by molar-refractivity contribution is 9.10. The average molecular weight is 186 g/mol. The molecule has 0 saturated heterocycles. The predicted octanol–water partition coefficient (Wildman–Crippen LogP) is 1.73. The van der Waals surface area contributed by atoms with Crippen LogP contribution in [0.25, 0.3) is 4.85 Å². The van der Waals surface area contributed by atoms with Gasteiger partial charge in [-0.15, -0.1) is 0 Å². The van der Waals surface area contributed by atoms with Crippen molar-refractivity contribution in [2.45, 2.75) is 0 Å². The zero-order valence-electron chi connectivity index (χ0n) is 4.80. The quantitative estimate of drug-likeness (QED) is 0.565. The van der Waals surface area contributed by atoms with Gasteiger partial charge in [0.2, 0.25) is 0 Å². The molecule has 0 unspecified atom stereocenters. The van der Waals surface area contributed by atoms with Gasteiger partial charge in [0.1, 0.15) is 0 Å². The van der Waals surface area contributed by atoms with E-state index in [1.807, 2.05) is 0 Å². The van der Waals surface area contributed by atoms with Crippen LogP contribution in [0.3, 0.4) is 0 Å². The summed E-state index contributed by atoms with van der Waals surface area (Å²) in [7, 11) is 1.78. The minimum atomic E-state index is 0.414. The number of aromatic nitrogens is 2. The first-order chi connectivity index (χ1) is 4.24. The summed E-state index contributed by atoms with van der Waals surface area (Å²) in [6.45, 7) is 6.62. The monoisotopic (exact) mass is 185 g/mol. The number of hydrogen-bond acceptors (Lipinski definition) is 1. The Bertz CT molecular complexity index is 258. The highest BCUT2D eigenvalue weighted by Gasteiger charge is 2.02. The maximum Gasteiger partial charge on any atom is 0.309 e. The molecule has 0 aliphatic carbocycles. The summed E-state index contributed by atoms with van der Waals surface area (Å²) in [6.07, 6.45) is 1.74. The third-order valence-corrected chi connectivity index (χ3v) is 1.43. The topological polar surface area (TPSA) is 22.2 Å². The number of rotatable bonds is 0. The molecule has 0 atom stereocenters. The molecule has 0 saturated carbocycles. The van der Waals surface area contributed by atoms with Gasteiger partial charge in [0, 0.05) is 13.2 Å². The van der Waals surface area contributed by atoms with E-state index >= 15 is 0 Å². The molecule has 4 heteroatoms. The van der Waals surface area contributed by atoms with E-state index in [0.717, 1.165) is 4.47 Å². The first-order valence-electron chi connectivity index (χ1n) is 2.30. The van der Waals surface area contributed by atoms with Crippen LogP contribution in [-0.2, 0) is 7.05 Å². The Balaban J connectivity index is 3.20. The SMILES string of the molecule is [C-]#[N+]c1nn(C)cc1Br. The van der Waals surface area contributed by atoms with E-state index in [9.17, 15) is 0 Å². The molecule has 0 spiro atoms. The van der Waals surface area contributed by atoms with Crippen molar-refractivity contribution in [1.29, 1.82) is 0 Å². The van der Waals surface area contributed by atoms with Gasteiger partial charge in [-0.2, -0.15) is 0 Å². The Morgan fingerprint density at radius 2 is 2.56 bits per heavy atom. The van der Waals surface area contributed by atoms with E-state index in [4.69, 9.17) is 6.57 Å². The number of halogens is 1. The van der Waals surface area contributed by atoms with Gasteiger partial charge in [0.25, 0.3) is 0 Å². The largest absolute Gasteiger partial charge is 0.358 e. The van der Waals surface area contributed by atoms with Gasteiger partial charge in [-0.25, -0.2) is 4.68 Å². The summed E-state index contributed by atoms with van der Waals surface area (Å²) >= 11 is 3.18. The standard InChI is InChI=1S/C5H4BrN3/c1-7-5-4(6)3-9(2)8-5/h3H,2H3. The lowest BCUT2D eigenvalue weighted by atomic mass is 10.7. The van der Waals surface area contributed by atoms with Crippen LogP contribution < -0.4 is 0 Å². The molecule has 1 rings (SSSR count). The third kappa shape index (κ3) is 1.11. The predicted molar refractivity (Wildman–Crippen MR) is 37.2 cm³/mol. The molecular formula is C5H4BrN3. The van der Waals surface area contributed by atoms with Crippen LogP contribution in [0, 0.1) is 6.57 Å². The van der Waals surface area contributed by atoms with Crippen LogP contribution in [0.4, 0.5) is 5.82 Å². The molecule has 0 N–H and O–H groups in total. The summed E-state index contributed by atoms with van der Waals surface area (Å²) in [5, 5.41) is 3.84. The summed E-state index contributed by atoms with van der Waals surface area (Å²) in [4.78, 5) is 3.16. The minimum absolute atomic E-state index is 0.414. The van der Waals surface area contributed by atoms with Crippen molar-refractivity contribution < 1.29 is 0 Å². The second-order valence-electron chi connectivity index (χ2n) is 1.59. The lowest BCUT2D eigenvalue weighted by molar-refractivity contribution is 0.773. The van der Waals surface area contributed by atoms with E-state index < -0.39 is 0 Å². The first kappa shape index (κ1) is 6.30. The number of hydrogen-bond donors (Lipinski definition) is 0. The Labute approximate surface area is 61.2 Å². The van der Waals surface area contributed by atoms with Crippen molar-refractivity contribution >= 4 is 21.7 Å². The number of aryl methyl sites for hydroxylation is 1. The van der Waals surface area contributed by atoms with E-state index in [-0.39, 0.29) is 0 Å². The fourth-order valence-corrected chi connectivity index (χ4v) is 0.988. The van der Waals surface area contributed by atoms with E-state index in [1.165, 1.54) is 0 Å². The molecule has 0 bridgehead atoms. The molecule has 0 fully saturated rings. The molecule has 0 amide bonds. The smallest absolute Gasteiger partial charge is 0.309 e. The first-order valence-corrected chi connectivity index (χ1v) is 3.10. The van der Waals surface area contributed by atoms with Crippen molar-refractivity contribution in [2.75, 3.05) is 0 Å². The Kier molecular flexibility index (Phi) is 1.54. The van der Waals surface area contributed by atoms with Crippen molar-refractivity contribution in [3.63, 3.8) is 0 Å². The van der Waals surface area contributed by atoms with Crippen LogP contribution in [0.2, 0.25) is 0 Å². The normalized spacial score (nSPS) is 9.00. The lowest BCUT2D eigenvalue weighted by Gasteiger charge is -1.74. The summed E-state index contributed by atoms with van der Waals surface area (Å²) in [5.41, 5.74) is 0. The van der Waals surface area contributed by atoms with Crippen molar-refractivity contribution in [2.24, 2.45) is 7.05 Å². The maximum atomic E-state index is 6.62. The zero-order valence-corrected chi connectivity index (χ0v) is 6.38. The minimum Gasteiger partial charge on any atom is -0.358 e. The van der Waals surface area contributed by atoms with Gasteiger partial charge in [-0.05, 0) is 5.10 Å². The highest BCUT2D eigenvalue weighted by Crippen LogP contribution is 2.21. The Hall–Kier alpha value is -0.820. The highest BCUT2D eigenvalue weighted by atomic mass is 79.9. The average Bonchev–Trinajstić information content (AvgIpc) is 2.10. The van der Waals surface area contributed by atoms with Crippen LogP contribution in [0.1, 0.15) is 0 Å². The summed E-state index contributed by atoms with van der Waals surface area (Å²) in [5.74, 6) is 0.414. The van der Waals surface area contributed by atoms with Crippen molar-refractivity contribution in [1.82, 2.24) is 9.78 Å². The molecule has 46 valence electrons. The Morgan fingerprint density at radius 1 is 1.89 bits per heavy atom. The fraction of sp³-hybridized carbons (Fsp3) is 0.200. The zero-order chi connectivity index (χ0) is 6.85.